The third-order valence-electron chi connectivity index (χ3n) is 5.49. The lowest BCUT2D eigenvalue weighted by atomic mass is 9.78. The standard InChI is InChI=1S/C19H33NO3S/c1-5-24-13-15-14(16-10-11-17(15)23-16)9-7-6-8-12-19(2,3)18(21)20(4)22/h6-7,14-17,22H,5,8-13H2,1-4H3/t14-,15+,16-,17+/m0/s1. The van der Waals surface area contributed by atoms with E-state index in [0.717, 1.165) is 19.3 Å². The van der Waals surface area contributed by atoms with E-state index < -0.39 is 5.41 Å². The van der Waals surface area contributed by atoms with E-state index >= 15 is 0 Å². The predicted octanol–water partition coefficient (Wildman–Crippen LogP) is 4.13. The van der Waals surface area contributed by atoms with Gasteiger partial charge in [-0.2, -0.15) is 11.8 Å². The molecule has 138 valence electrons. The zero-order valence-electron chi connectivity index (χ0n) is 15.5. The smallest absolute Gasteiger partial charge is 0.251 e. The second kappa shape index (κ2) is 8.72. The van der Waals surface area contributed by atoms with E-state index in [1.165, 1.54) is 31.4 Å². The fourth-order valence-corrected chi connectivity index (χ4v) is 5.01. The Morgan fingerprint density at radius 3 is 2.58 bits per heavy atom. The molecule has 2 heterocycles. The largest absolute Gasteiger partial charge is 0.374 e. The van der Waals surface area contributed by atoms with Gasteiger partial charge in [-0.3, -0.25) is 10.0 Å². The second-order valence-electron chi connectivity index (χ2n) is 7.74. The first kappa shape index (κ1) is 19.8. The molecule has 5 heteroatoms. The molecule has 1 amide bonds. The molecule has 1 N–H and O–H groups in total. The molecule has 24 heavy (non-hydrogen) atoms. The molecule has 0 unspecified atom stereocenters. The van der Waals surface area contributed by atoms with Gasteiger partial charge in [-0.15, -0.1) is 0 Å². The van der Waals surface area contributed by atoms with E-state index in [4.69, 9.17) is 4.74 Å². The third-order valence-corrected chi connectivity index (χ3v) is 6.52. The number of hydroxylamine groups is 2. The lowest BCUT2D eigenvalue weighted by molar-refractivity contribution is -0.169. The van der Waals surface area contributed by atoms with Gasteiger partial charge in [0, 0.05) is 12.5 Å². The van der Waals surface area contributed by atoms with Gasteiger partial charge in [0.25, 0.3) is 5.91 Å². The number of fused-ring (bicyclic) bond motifs is 2. The van der Waals surface area contributed by atoms with Crippen molar-refractivity contribution in [1.82, 2.24) is 5.06 Å². The monoisotopic (exact) mass is 355 g/mol. The molecular weight excluding hydrogens is 322 g/mol. The summed E-state index contributed by atoms with van der Waals surface area (Å²) in [6, 6.07) is 0. The zero-order valence-corrected chi connectivity index (χ0v) is 16.3. The van der Waals surface area contributed by atoms with Crippen LogP contribution >= 0.6 is 11.8 Å². The van der Waals surface area contributed by atoms with Gasteiger partial charge >= 0.3 is 0 Å². The Balaban J connectivity index is 1.78. The summed E-state index contributed by atoms with van der Waals surface area (Å²) in [4.78, 5) is 11.9. The highest BCUT2D eigenvalue weighted by Gasteiger charge is 2.47. The maximum Gasteiger partial charge on any atom is 0.251 e. The first-order valence-electron chi connectivity index (χ1n) is 9.22. The molecule has 4 atom stereocenters. The Morgan fingerprint density at radius 1 is 1.29 bits per heavy atom. The topological polar surface area (TPSA) is 49.8 Å². The van der Waals surface area contributed by atoms with E-state index in [2.05, 4.69) is 19.1 Å². The lowest BCUT2D eigenvalue weighted by Gasteiger charge is -2.27. The van der Waals surface area contributed by atoms with Crippen molar-refractivity contribution in [1.29, 1.82) is 0 Å². The molecule has 0 aromatic carbocycles. The van der Waals surface area contributed by atoms with Crippen LogP contribution < -0.4 is 0 Å². The van der Waals surface area contributed by atoms with Crippen LogP contribution in [0, 0.1) is 17.3 Å². The summed E-state index contributed by atoms with van der Waals surface area (Å²) >= 11 is 2.03. The van der Waals surface area contributed by atoms with E-state index in [1.807, 2.05) is 25.6 Å². The molecule has 2 bridgehead atoms. The molecule has 2 aliphatic heterocycles. The number of nitrogens with zero attached hydrogens (tertiary/aromatic N) is 1. The van der Waals surface area contributed by atoms with Crippen molar-refractivity contribution in [3.63, 3.8) is 0 Å². The fourth-order valence-electron chi connectivity index (χ4n) is 4.04. The summed E-state index contributed by atoms with van der Waals surface area (Å²) in [5.74, 6) is 3.55. The lowest BCUT2D eigenvalue weighted by Crippen LogP contribution is -2.36. The van der Waals surface area contributed by atoms with E-state index in [9.17, 15) is 10.0 Å². The predicted molar refractivity (Wildman–Crippen MR) is 99.2 cm³/mol. The van der Waals surface area contributed by atoms with Crippen molar-refractivity contribution in [2.45, 2.75) is 65.1 Å². The summed E-state index contributed by atoms with van der Waals surface area (Å²) < 4.78 is 6.14. The number of allylic oxidation sites excluding steroid dienone is 2. The summed E-state index contributed by atoms with van der Waals surface area (Å²) in [5, 5.41) is 10.0. The molecule has 0 aliphatic carbocycles. The second-order valence-corrected chi connectivity index (χ2v) is 9.05. The molecule has 0 aromatic heterocycles. The van der Waals surface area contributed by atoms with Crippen molar-refractivity contribution in [3.8, 4) is 0 Å². The summed E-state index contributed by atoms with van der Waals surface area (Å²) in [7, 11) is 1.39. The van der Waals surface area contributed by atoms with Crippen LogP contribution in [0.3, 0.4) is 0 Å². The van der Waals surface area contributed by atoms with Gasteiger partial charge < -0.3 is 4.74 Å². The van der Waals surface area contributed by atoms with Crippen LogP contribution in [0.5, 0.6) is 0 Å². The molecule has 2 saturated heterocycles. The number of hydrogen-bond acceptors (Lipinski definition) is 4. The summed E-state index contributed by atoms with van der Waals surface area (Å²) in [6.45, 7) is 6.00. The van der Waals surface area contributed by atoms with E-state index in [-0.39, 0.29) is 5.91 Å². The van der Waals surface area contributed by atoms with Gasteiger partial charge in [-0.25, -0.2) is 5.06 Å². The van der Waals surface area contributed by atoms with Crippen molar-refractivity contribution in [2.75, 3.05) is 18.6 Å². The molecule has 0 aromatic rings. The zero-order chi connectivity index (χ0) is 17.7. The minimum Gasteiger partial charge on any atom is -0.374 e. The maximum atomic E-state index is 11.9. The quantitative estimate of drug-likeness (QED) is 0.384. The van der Waals surface area contributed by atoms with Crippen molar-refractivity contribution < 1.29 is 14.7 Å². The molecular formula is C19H33NO3S. The number of carbonyl (C=O) groups excluding carboxylic acids is 1. The Hall–Kier alpha value is -0.520. The Labute approximate surface area is 151 Å². The molecule has 4 nitrogen and oxygen atoms in total. The number of rotatable bonds is 9. The van der Waals surface area contributed by atoms with Crippen LogP contribution in [-0.2, 0) is 9.53 Å². The first-order valence-corrected chi connectivity index (χ1v) is 10.4. The van der Waals surface area contributed by atoms with E-state index in [1.54, 1.807) is 0 Å². The highest BCUT2D eigenvalue weighted by molar-refractivity contribution is 7.99. The summed E-state index contributed by atoms with van der Waals surface area (Å²) in [5.41, 5.74) is -0.524. The van der Waals surface area contributed by atoms with Gasteiger partial charge in [-0.05, 0) is 55.4 Å². The van der Waals surface area contributed by atoms with Gasteiger partial charge in [0.2, 0.25) is 0 Å². The molecule has 0 spiro atoms. The highest BCUT2D eigenvalue weighted by atomic mass is 32.2. The van der Waals surface area contributed by atoms with Crippen LogP contribution in [0.25, 0.3) is 0 Å². The Bertz CT molecular complexity index is 450. The van der Waals surface area contributed by atoms with Crippen LogP contribution in [0.2, 0.25) is 0 Å². The van der Waals surface area contributed by atoms with Crippen LogP contribution in [0.4, 0.5) is 0 Å². The van der Waals surface area contributed by atoms with Gasteiger partial charge in [0.05, 0.1) is 12.2 Å². The van der Waals surface area contributed by atoms with E-state index in [0.29, 0.717) is 29.1 Å². The number of ether oxygens (including phenoxy) is 1. The minimum atomic E-state index is -0.524. The molecule has 2 aliphatic rings. The van der Waals surface area contributed by atoms with Crippen molar-refractivity contribution >= 4 is 17.7 Å². The van der Waals surface area contributed by atoms with Crippen molar-refractivity contribution in [3.05, 3.63) is 12.2 Å². The Morgan fingerprint density at radius 2 is 1.96 bits per heavy atom. The number of amides is 1. The normalized spacial score (nSPS) is 29.5. The average Bonchev–Trinajstić information content (AvgIpc) is 3.13. The minimum absolute atomic E-state index is 0.228. The molecule has 2 rings (SSSR count). The third kappa shape index (κ3) is 4.77. The van der Waals surface area contributed by atoms with Crippen LogP contribution in [-0.4, -0.2) is 46.9 Å². The van der Waals surface area contributed by atoms with Gasteiger partial charge in [-0.1, -0.05) is 32.9 Å². The molecule has 0 radical (unpaired) electrons. The molecule has 0 saturated carbocycles. The highest BCUT2D eigenvalue weighted by Crippen LogP contribution is 2.46. The van der Waals surface area contributed by atoms with Gasteiger partial charge in [0.1, 0.15) is 0 Å². The first-order chi connectivity index (χ1) is 11.4. The number of thioether (sulfide) groups is 1. The number of carbonyl (C=O) groups is 1. The fraction of sp³-hybridized carbons (Fsp3) is 0.842. The SMILES string of the molecule is CCSC[C@@H]1[C@H](CC=CCCC(C)(C)C(=O)N(C)O)[C@@H]2CC[C@H]1O2. The van der Waals surface area contributed by atoms with Crippen LogP contribution in [0.1, 0.15) is 52.9 Å². The number of hydrogen-bond donors (Lipinski definition) is 1. The van der Waals surface area contributed by atoms with Crippen molar-refractivity contribution in [2.24, 2.45) is 17.3 Å². The average molecular weight is 356 g/mol. The Kier molecular flexibility index (Phi) is 7.20. The maximum absolute atomic E-state index is 11.9. The van der Waals surface area contributed by atoms with Gasteiger partial charge in [0.15, 0.2) is 0 Å². The summed E-state index contributed by atoms with van der Waals surface area (Å²) in [6.07, 6.45) is 10.6. The van der Waals surface area contributed by atoms with Crippen LogP contribution in [0.15, 0.2) is 12.2 Å². The molecule has 2 fully saturated rings.